The van der Waals surface area contributed by atoms with E-state index in [9.17, 15) is 5.11 Å². The second-order valence-electron chi connectivity index (χ2n) is 6.92. The van der Waals surface area contributed by atoms with Gasteiger partial charge in [0.25, 0.3) is 0 Å². The Bertz CT molecular complexity index is 799. The highest BCUT2D eigenvalue weighted by molar-refractivity contribution is 5.65. The van der Waals surface area contributed by atoms with Crippen molar-refractivity contribution in [2.24, 2.45) is 0 Å². The number of aromatic nitrogens is 2. The number of ether oxygens (including phenoxy) is 2. The molecule has 3 heterocycles. The second-order valence-corrected chi connectivity index (χ2v) is 6.92. The Morgan fingerprint density at radius 3 is 2.96 bits per heavy atom. The zero-order valence-electron chi connectivity index (χ0n) is 15.1. The summed E-state index contributed by atoms with van der Waals surface area (Å²) < 4.78 is 12.7. The van der Waals surface area contributed by atoms with E-state index in [2.05, 4.69) is 28.2 Å². The molecule has 26 heavy (non-hydrogen) atoms. The van der Waals surface area contributed by atoms with Gasteiger partial charge in [0.15, 0.2) is 11.5 Å². The number of hydrogen-bond acceptors (Lipinski definition) is 5. The molecule has 0 saturated carbocycles. The van der Waals surface area contributed by atoms with Crippen molar-refractivity contribution in [3.05, 3.63) is 47.8 Å². The Morgan fingerprint density at radius 1 is 1.27 bits per heavy atom. The van der Waals surface area contributed by atoms with Crippen LogP contribution in [0.2, 0.25) is 0 Å². The van der Waals surface area contributed by atoms with Crippen molar-refractivity contribution in [2.45, 2.75) is 39.0 Å². The van der Waals surface area contributed by atoms with Gasteiger partial charge in [-0.25, -0.2) is 0 Å². The van der Waals surface area contributed by atoms with Gasteiger partial charge in [0.1, 0.15) is 0 Å². The molecule has 0 fully saturated rings. The van der Waals surface area contributed by atoms with Crippen molar-refractivity contribution in [2.75, 3.05) is 19.9 Å². The van der Waals surface area contributed by atoms with Gasteiger partial charge in [-0.05, 0) is 36.1 Å². The summed E-state index contributed by atoms with van der Waals surface area (Å²) in [5.41, 5.74) is 3.74. The molecule has 1 N–H and O–H groups in total. The molecule has 0 bridgehead atoms. The summed E-state index contributed by atoms with van der Waals surface area (Å²) in [5, 5.41) is 14.1. The van der Waals surface area contributed by atoms with E-state index in [1.54, 1.807) is 0 Å². The summed E-state index contributed by atoms with van der Waals surface area (Å²) in [6.07, 6.45) is 7.65. The number of nitrogens with zero attached hydrogens (tertiary/aromatic N) is 3. The van der Waals surface area contributed by atoms with Crippen molar-refractivity contribution in [1.29, 1.82) is 0 Å². The average molecular weight is 355 g/mol. The van der Waals surface area contributed by atoms with Crippen LogP contribution in [0.1, 0.15) is 30.9 Å². The zero-order chi connectivity index (χ0) is 17.9. The molecule has 2 aliphatic heterocycles. The maximum atomic E-state index is 9.77. The Balaban J connectivity index is 1.36. The molecule has 2 aliphatic rings. The molecule has 0 radical (unpaired) electrons. The summed E-state index contributed by atoms with van der Waals surface area (Å²) in [4.78, 5) is 2.42. The molecule has 1 aromatic heterocycles. The van der Waals surface area contributed by atoms with E-state index in [4.69, 9.17) is 9.47 Å². The van der Waals surface area contributed by atoms with Crippen molar-refractivity contribution in [3.8, 4) is 11.5 Å². The minimum absolute atomic E-state index is 0.317. The van der Waals surface area contributed by atoms with Crippen LogP contribution in [0.25, 0.3) is 5.57 Å². The van der Waals surface area contributed by atoms with Crippen LogP contribution >= 0.6 is 0 Å². The largest absolute Gasteiger partial charge is 0.454 e. The summed E-state index contributed by atoms with van der Waals surface area (Å²) in [5.74, 6) is 1.68. The average Bonchev–Trinajstić information content (AvgIpc) is 3.31. The van der Waals surface area contributed by atoms with Gasteiger partial charge in [0.2, 0.25) is 6.79 Å². The minimum Gasteiger partial charge on any atom is -0.454 e. The van der Waals surface area contributed by atoms with E-state index in [1.165, 1.54) is 11.1 Å². The first-order valence-corrected chi connectivity index (χ1v) is 9.22. The smallest absolute Gasteiger partial charge is 0.231 e. The predicted molar refractivity (Wildman–Crippen MR) is 99.0 cm³/mol. The maximum absolute atomic E-state index is 9.77. The van der Waals surface area contributed by atoms with Crippen LogP contribution in [-0.4, -0.2) is 45.8 Å². The molecule has 2 aromatic rings. The highest BCUT2D eigenvalue weighted by Crippen LogP contribution is 2.33. The molecule has 138 valence electrons. The van der Waals surface area contributed by atoms with Crippen molar-refractivity contribution < 1.29 is 14.6 Å². The Kier molecular flexibility index (Phi) is 4.95. The quantitative estimate of drug-likeness (QED) is 0.863. The van der Waals surface area contributed by atoms with Gasteiger partial charge in [0.05, 0.1) is 18.8 Å². The third-order valence-corrected chi connectivity index (χ3v) is 5.01. The fraction of sp³-hybridized carbons (Fsp3) is 0.450. The van der Waals surface area contributed by atoms with E-state index >= 15 is 0 Å². The topological polar surface area (TPSA) is 59.8 Å². The van der Waals surface area contributed by atoms with E-state index in [0.29, 0.717) is 13.3 Å². The number of aliphatic hydroxyl groups excluding tert-OH is 1. The van der Waals surface area contributed by atoms with Gasteiger partial charge >= 0.3 is 0 Å². The molecule has 4 rings (SSSR count). The Morgan fingerprint density at radius 2 is 2.15 bits per heavy atom. The number of hydrogen-bond donors (Lipinski definition) is 1. The number of benzene rings is 1. The predicted octanol–water partition coefficient (Wildman–Crippen LogP) is 2.67. The maximum Gasteiger partial charge on any atom is 0.231 e. The van der Waals surface area contributed by atoms with Crippen molar-refractivity contribution in [1.82, 2.24) is 14.7 Å². The summed E-state index contributed by atoms with van der Waals surface area (Å²) in [6.45, 7) is 5.70. The highest BCUT2D eigenvalue weighted by atomic mass is 16.7. The molecule has 0 amide bonds. The molecule has 0 saturated heterocycles. The van der Waals surface area contributed by atoms with Gasteiger partial charge in [-0.15, -0.1) is 0 Å². The lowest BCUT2D eigenvalue weighted by Gasteiger charge is -2.26. The first-order chi connectivity index (χ1) is 12.7. The third-order valence-electron chi connectivity index (χ3n) is 5.01. The van der Waals surface area contributed by atoms with Crippen LogP contribution in [0.4, 0.5) is 0 Å². The van der Waals surface area contributed by atoms with E-state index in [-0.39, 0.29) is 6.10 Å². The van der Waals surface area contributed by atoms with Crippen LogP contribution in [0.3, 0.4) is 0 Å². The SMILES string of the molecule is CCC(O)Cn1cc(C2=CCN(Cc3ccc4c(c3)OCO4)CC2)cn1. The first kappa shape index (κ1) is 17.1. The van der Waals surface area contributed by atoms with Gasteiger partial charge in [-0.3, -0.25) is 9.58 Å². The molecule has 6 nitrogen and oxygen atoms in total. The molecule has 6 heteroatoms. The fourth-order valence-corrected chi connectivity index (χ4v) is 3.39. The summed E-state index contributed by atoms with van der Waals surface area (Å²) >= 11 is 0. The highest BCUT2D eigenvalue weighted by Gasteiger charge is 2.17. The first-order valence-electron chi connectivity index (χ1n) is 9.22. The molecule has 1 atom stereocenters. The third kappa shape index (κ3) is 3.76. The van der Waals surface area contributed by atoms with Crippen molar-refractivity contribution in [3.63, 3.8) is 0 Å². The summed E-state index contributed by atoms with van der Waals surface area (Å²) in [6, 6.07) is 6.17. The lowest BCUT2D eigenvalue weighted by Crippen LogP contribution is -2.27. The lowest BCUT2D eigenvalue weighted by atomic mass is 10.0. The van der Waals surface area contributed by atoms with Crippen LogP contribution < -0.4 is 9.47 Å². The van der Waals surface area contributed by atoms with Gasteiger partial charge in [-0.1, -0.05) is 19.1 Å². The minimum atomic E-state index is -0.333. The molecule has 1 unspecified atom stereocenters. The lowest BCUT2D eigenvalue weighted by molar-refractivity contribution is 0.145. The molecule has 1 aromatic carbocycles. The second kappa shape index (κ2) is 7.51. The van der Waals surface area contributed by atoms with Crippen molar-refractivity contribution >= 4 is 5.57 Å². The zero-order valence-corrected chi connectivity index (χ0v) is 15.1. The molecular weight excluding hydrogens is 330 g/mol. The monoisotopic (exact) mass is 355 g/mol. The van der Waals surface area contributed by atoms with Crippen LogP contribution in [-0.2, 0) is 13.1 Å². The Hall–Kier alpha value is -2.31. The van der Waals surface area contributed by atoms with E-state index in [1.807, 2.05) is 30.1 Å². The summed E-state index contributed by atoms with van der Waals surface area (Å²) in [7, 11) is 0. The van der Waals surface area contributed by atoms with Gasteiger partial charge < -0.3 is 14.6 Å². The van der Waals surface area contributed by atoms with Gasteiger partial charge in [0, 0.05) is 31.4 Å². The number of fused-ring (bicyclic) bond motifs is 1. The number of aliphatic hydroxyl groups is 1. The van der Waals surface area contributed by atoms with E-state index < -0.39 is 0 Å². The normalized spacial score (nSPS) is 18.0. The van der Waals surface area contributed by atoms with E-state index in [0.717, 1.165) is 49.5 Å². The van der Waals surface area contributed by atoms with Crippen LogP contribution in [0.5, 0.6) is 11.5 Å². The Labute approximate surface area is 153 Å². The van der Waals surface area contributed by atoms with Crippen LogP contribution in [0, 0.1) is 0 Å². The number of rotatable bonds is 6. The standard InChI is InChI=1S/C20H25N3O3/c1-2-18(24)13-23-12-17(10-21-23)16-5-7-22(8-6-16)11-15-3-4-19-20(9-15)26-14-25-19/h3-5,9-10,12,18,24H,2,6-8,11,13-14H2,1H3. The molecule has 0 aliphatic carbocycles. The van der Waals surface area contributed by atoms with Crippen LogP contribution in [0.15, 0.2) is 36.7 Å². The fourth-order valence-electron chi connectivity index (χ4n) is 3.39. The molecular formula is C20H25N3O3. The van der Waals surface area contributed by atoms with Gasteiger partial charge in [-0.2, -0.15) is 5.10 Å². The molecule has 0 spiro atoms.